The first-order valence-corrected chi connectivity index (χ1v) is 17.1. The van der Waals surface area contributed by atoms with E-state index < -0.39 is 22.0 Å². The summed E-state index contributed by atoms with van der Waals surface area (Å²) in [5.74, 6) is 1.84. The molecule has 7 nitrogen and oxygen atoms in total. The Hall–Kier alpha value is -2.87. The van der Waals surface area contributed by atoms with Crippen molar-refractivity contribution in [1.82, 2.24) is 10.2 Å². The van der Waals surface area contributed by atoms with E-state index in [4.69, 9.17) is 0 Å². The molecule has 8 heteroatoms. The molecule has 0 saturated heterocycles. The number of carbonyl (C=O) groups is 2. The minimum Gasteiger partial charge on any atom is -0.354 e. The minimum atomic E-state index is -3.75. The predicted molar refractivity (Wildman–Crippen MR) is 163 cm³/mol. The molecule has 1 N–H and O–H groups in total. The number of benzene rings is 2. The second-order valence-electron chi connectivity index (χ2n) is 12.8. The van der Waals surface area contributed by atoms with E-state index in [0.29, 0.717) is 25.2 Å². The van der Waals surface area contributed by atoms with Crippen LogP contribution in [-0.2, 0) is 31.4 Å². The van der Waals surface area contributed by atoms with Gasteiger partial charge >= 0.3 is 0 Å². The fraction of sp³-hybridized carbons (Fsp3) is 0.576. The van der Waals surface area contributed by atoms with E-state index in [-0.39, 0.29) is 17.9 Å². The van der Waals surface area contributed by atoms with Crippen LogP contribution in [0, 0.1) is 17.8 Å². The van der Waals surface area contributed by atoms with Gasteiger partial charge in [0.25, 0.3) is 0 Å². The lowest BCUT2D eigenvalue weighted by atomic mass is 9.48. The van der Waals surface area contributed by atoms with Crippen molar-refractivity contribution in [3.05, 3.63) is 65.7 Å². The summed E-state index contributed by atoms with van der Waals surface area (Å²) in [6.07, 6.45) is 10.3. The number of rotatable bonds is 12. The van der Waals surface area contributed by atoms with Crippen molar-refractivity contribution in [2.75, 3.05) is 30.2 Å². The molecule has 222 valence electrons. The van der Waals surface area contributed by atoms with E-state index in [2.05, 4.69) is 17.4 Å². The van der Waals surface area contributed by atoms with Crippen LogP contribution in [0.25, 0.3) is 0 Å². The van der Waals surface area contributed by atoms with Crippen LogP contribution in [0.5, 0.6) is 0 Å². The van der Waals surface area contributed by atoms with Crippen LogP contribution in [0.4, 0.5) is 5.69 Å². The third kappa shape index (κ3) is 6.63. The normalized spacial score (nSPS) is 25.5. The van der Waals surface area contributed by atoms with Gasteiger partial charge in [0.1, 0.15) is 12.6 Å². The highest BCUT2D eigenvalue weighted by Gasteiger charge is 2.51. The molecule has 0 heterocycles. The molecule has 4 aliphatic rings. The summed E-state index contributed by atoms with van der Waals surface area (Å²) < 4.78 is 27.2. The quantitative estimate of drug-likeness (QED) is 0.387. The summed E-state index contributed by atoms with van der Waals surface area (Å²) in [5.41, 5.74) is 3.06. The van der Waals surface area contributed by atoms with E-state index >= 15 is 0 Å². The summed E-state index contributed by atoms with van der Waals surface area (Å²) in [6, 6.07) is 17.0. The zero-order valence-electron chi connectivity index (χ0n) is 24.7. The maximum atomic E-state index is 13.8. The lowest BCUT2D eigenvalue weighted by Gasteiger charge is -2.57. The smallest absolute Gasteiger partial charge is 0.244 e. The highest BCUT2D eigenvalue weighted by atomic mass is 32.2. The van der Waals surface area contributed by atoms with Crippen LogP contribution in [0.2, 0.25) is 0 Å². The van der Waals surface area contributed by atoms with Gasteiger partial charge in [-0.1, -0.05) is 49.4 Å². The Balaban J connectivity index is 1.35. The molecule has 4 bridgehead atoms. The van der Waals surface area contributed by atoms with Crippen molar-refractivity contribution in [1.29, 1.82) is 0 Å². The van der Waals surface area contributed by atoms with Gasteiger partial charge in [-0.25, -0.2) is 8.42 Å². The Labute approximate surface area is 245 Å². The van der Waals surface area contributed by atoms with Crippen molar-refractivity contribution >= 4 is 27.5 Å². The number of nitrogens with one attached hydrogen (secondary N) is 1. The van der Waals surface area contributed by atoms with Gasteiger partial charge in [-0.15, -0.1) is 0 Å². The highest BCUT2D eigenvalue weighted by molar-refractivity contribution is 7.92. The first-order chi connectivity index (χ1) is 19.6. The average molecular weight is 580 g/mol. The third-order valence-electron chi connectivity index (χ3n) is 9.69. The first kappa shape index (κ1) is 29.6. The molecular formula is C33H45N3O4S. The van der Waals surface area contributed by atoms with Crippen LogP contribution in [-0.4, -0.2) is 57.1 Å². The van der Waals surface area contributed by atoms with Gasteiger partial charge in [0.05, 0.1) is 11.9 Å². The molecule has 0 spiro atoms. The van der Waals surface area contributed by atoms with Gasteiger partial charge in [0.15, 0.2) is 0 Å². The molecule has 6 rings (SSSR count). The number of amides is 2. The predicted octanol–water partition coefficient (Wildman–Crippen LogP) is 4.91. The van der Waals surface area contributed by atoms with Crippen LogP contribution >= 0.6 is 0 Å². The molecule has 41 heavy (non-hydrogen) atoms. The Kier molecular flexibility index (Phi) is 8.78. The zero-order valence-corrected chi connectivity index (χ0v) is 25.5. The van der Waals surface area contributed by atoms with Gasteiger partial charge in [-0.3, -0.25) is 13.9 Å². The maximum Gasteiger partial charge on any atom is 0.244 e. The van der Waals surface area contributed by atoms with Gasteiger partial charge in [-0.05, 0) is 105 Å². The molecule has 0 radical (unpaired) electrons. The molecule has 1 atom stereocenters. The SMILES string of the molecule is CCCNC(=O)[C@H](C)N(CCc1ccccc1)C(=O)CN(c1ccc(C23CC4CC(CC(C4)C2)C3)cc1)S(C)(=O)=O. The highest BCUT2D eigenvalue weighted by Crippen LogP contribution is 2.60. The second-order valence-corrected chi connectivity index (χ2v) is 14.7. The monoisotopic (exact) mass is 579 g/mol. The summed E-state index contributed by atoms with van der Waals surface area (Å²) in [5, 5.41) is 2.88. The van der Waals surface area contributed by atoms with Crippen molar-refractivity contribution in [3.8, 4) is 0 Å². The van der Waals surface area contributed by atoms with Crippen molar-refractivity contribution in [3.63, 3.8) is 0 Å². The molecule has 4 fully saturated rings. The molecule has 0 aliphatic heterocycles. The van der Waals surface area contributed by atoms with Gasteiger partial charge in [0, 0.05) is 13.1 Å². The number of nitrogens with zero attached hydrogens (tertiary/aromatic N) is 2. The Bertz CT molecular complexity index is 1290. The first-order valence-electron chi connectivity index (χ1n) is 15.3. The number of anilines is 1. The van der Waals surface area contributed by atoms with Crippen LogP contribution < -0.4 is 9.62 Å². The maximum absolute atomic E-state index is 13.8. The molecular weight excluding hydrogens is 534 g/mol. The standard InChI is InChI=1S/C33H45N3O4S/c1-4-15-34-32(38)24(2)35(16-14-25-8-6-5-7-9-25)31(37)23-36(41(3,39)40)30-12-10-29(11-13-30)33-20-26-17-27(21-33)19-28(18-26)22-33/h5-13,24,26-28H,4,14-23H2,1-3H3,(H,34,38)/t24-,26?,27?,28?,33?/m0/s1. The van der Waals surface area contributed by atoms with Gasteiger partial charge in [-0.2, -0.15) is 0 Å². The molecule has 4 aliphatic carbocycles. The van der Waals surface area contributed by atoms with Crippen molar-refractivity contribution in [2.45, 2.75) is 76.7 Å². The molecule has 4 saturated carbocycles. The fourth-order valence-corrected chi connectivity index (χ4v) is 8.87. The van der Waals surface area contributed by atoms with Gasteiger partial charge < -0.3 is 10.2 Å². The fourth-order valence-electron chi connectivity index (χ4n) is 8.03. The molecule has 0 aromatic heterocycles. The largest absolute Gasteiger partial charge is 0.354 e. The minimum absolute atomic E-state index is 0.217. The lowest BCUT2D eigenvalue weighted by Crippen LogP contribution is -2.52. The van der Waals surface area contributed by atoms with Crippen molar-refractivity contribution in [2.24, 2.45) is 17.8 Å². The van der Waals surface area contributed by atoms with Crippen LogP contribution in [0.15, 0.2) is 54.6 Å². The average Bonchev–Trinajstić information content (AvgIpc) is 2.94. The molecule has 2 aromatic rings. The molecule has 2 aromatic carbocycles. The summed E-state index contributed by atoms with van der Waals surface area (Å²) >= 11 is 0. The number of sulfonamides is 1. The number of carbonyl (C=O) groups excluding carboxylic acids is 2. The zero-order chi connectivity index (χ0) is 29.2. The van der Waals surface area contributed by atoms with E-state index in [0.717, 1.165) is 36.0 Å². The van der Waals surface area contributed by atoms with E-state index in [9.17, 15) is 18.0 Å². The molecule has 0 unspecified atom stereocenters. The number of hydrogen-bond acceptors (Lipinski definition) is 4. The molecule has 2 amide bonds. The Morgan fingerprint density at radius 2 is 1.54 bits per heavy atom. The van der Waals surface area contributed by atoms with Crippen molar-refractivity contribution < 1.29 is 18.0 Å². The van der Waals surface area contributed by atoms with E-state index in [1.165, 1.54) is 53.3 Å². The topological polar surface area (TPSA) is 86.8 Å². The second kappa shape index (κ2) is 12.2. The number of hydrogen-bond donors (Lipinski definition) is 1. The van der Waals surface area contributed by atoms with E-state index in [1.54, 1.807) is 6.92 Å². The summed E-state index contributed by atoms with van der Waals surface area (Å²) in [7, 11) is -3.75. The third-order valence-corrected chi connectivity index (χ3v) is 10.8. The van der Waals surface area contributed by atoms with E-state index in [1.807, 2.05) is 49.4 Å². The van der Waals surface area contributed by atoms with Crippen LogP contribution in [0.3, 0.4) is 0 Å². The Morgan fingerprint density at radius 1 is 0.951 bits per heavy atom. The summed E-state index contributed by atoms with van der Waals surface area (Å²) in [4.78, 5) is 28.1. The lowest BCUT2D eigenvalue weighted by molar-refractivity contribution is -0.138. The van der Waals surface area contributed by atoms with Gasteiger partial charge in [0.2, 0.25) is 21.8 Å². The Morgan fingerprint density at radius 3 is 2.07 bits per heavy atom. The van der Waals surface area contributed by atoms with Crippen LogP contribution in [0.1, 0.15) is 69.9 Å². The summed E-state index contributed by atoms with van der Waals surface area (Å²) in [6.45, 7) is 4.16.